The predicted molar refractivity (Wildman–Crippen MR) is 100 cm³/mol. The number of hydrogen-bond donors (Lipinski definition) is 5. The number of halogens is 1. The molecule has 2 atom stereocenters. The molecule has 0 unspecified atom stereocenters. The van der Waals surface area contributed by atoms with Crippen molar-refractivity contribution in [1.29, 1.82) is 0 Å². The molecule has 0 aromatic carbocycles. The van der Waals surface area contributed by atoms with Gasteiger partial charge in [-0.3, -0.25) is 9.78 Å². The first-order chi connectivity index (χ1) is 13.0. The number of carbonyl (C=O) groups is 1. The van der Waals surface area contributed by atoms with Crippen molar-refractivity contribution in [1.82, 2.24) is 9.97 Å². The number of pyridine rings is 2. The number of hydrogen-bond acceptors (Lipinski definition) is 7. The summed E-state index contributed by atoms with van der Waals surface area (Å²) < 4.78 is 14.5. The third-order valence-electron chi connectivity index (χ3n) is 4.62. The van der Waals surface area contributed by atoms with Crippen LogP contribution in [0.3, 0.4) is 0 Å². The maximum atomic E-state index is 14.5. The number of carbonyl (C=O) groups excluding carboxylic acids is 1. The number of amides is 1. The fourth-order valence-corrected chi connectivity index (χ4v) is 3.17. The first-order valence-corrected chi connectivity index (χ1v) is 8.82. The van der Waals surface area contributed by atoms with Crippen molar-refractivity contribution in [2.75, 3.05) is 10.6 Å². The Morgan fingerprint density at radius 2 is 2.04 bits per heavy atom. The van der Waals surface area contributed by atoms with E-state index in [4.69, 9.17) is 11.5 Å². The molecule has 2 aromatic rings. The molecular formula is C18H23FN6O2. The summed E-state index contributed by atoms with van der Waals surface area (Å²) in [6.45, 7) is -0.186. The summed E-state index contributed by atoms with van der Waals surface area (Å²) in [4.78, 5) is 19.9. The zero-order chi connectivity index (χ0) is 19.4. The third kappa shape index (κ3) is 4.50. The summed E-state index contributed by atoms with van der Waals surface area (Å²) in [5.74, 6) is -1.37. The van der Waals surface area contributed by atoms with Crippen molar-refractivity contribution in [2.45, 2.75) is 44.4 Å². The summed E-state index contributed by atoms with van der Waals surface area (Å²) in [6.07, 6.45) is 6.76. The second kappa shape index (κ2) is 8.28. The number of aliphatic hydroxyl groups is 1. The van der Waals surface area contributed by atoms with Gasteiger partial charge in [-0.05, 0) is 30.5 Å². The van der Waals surface area contributed by atoms with Crippen LogP contribution in [0.2, 0.25) is 0 Å². The monoisotopic (exact) mass is 374 g/mol. The lowest BCUT2D eigenvalue weighted by Gasteiger charge is -2.30. The fourth-order valence-electron chi connectivity index (χ4n) is 3.17. The topological polar surface area (TPSA) is 139 Å². The normalized spacial score (nSPS) is 19.5. The lowest BCUT2D eigenvalue weighted by molar-refractivity contribution is 0.100. The van der Waals surface area contributed by atoms with Crippen molar-refractivity contribution in [3.05, 3.63) is 41.5 Å². The third-order valence-corrected chi connectivity index (χ3v) is 4.62. The Morgan fingerprint density at radius 3 is 2.74 bits per heavy atom. The highest BCUT2D eigenvalue weighted by Gasteiger charge is 2.24. The Labute approximate surface area is 156 Å². The van der Waals surface area contributed by atoms with Crippen molar-refractivity contribution < 1.29 is 14.3 Å². The molecule has 1 amide bonds. The fraction of sp³-hybridized carbons (Fsp3) is 0.389. The van der Waals surface area contributed by atoms with Crippen LogP contribution in [0.4, 0.5) is 21.7 Å². The number of aliphatic hydroxyl groups excluding tert-OH is 1. The van der Waals surface area contributed by atoms with Crippen LogP contribution in [0.1, 0.15) is 41.6 Å². The Balaban J connectivity index is 1.91. The van der Waals surface area contributed by atoms with Gasteiger partial charge in [0.05, 0.1) is 24.1 Å². The van der Waals surface area contributed by atoms with Crippen LogP contribution in [-0.4, -0.2) is 33.1 Å². The zero-order valence-corrected chi connectivity index (χ0v) is 14.8. The van der Waals surface area contributed by atoms with Gasteiger partial charge in [-0.15, -0.1) is 0 Å². The highest BCUT2D eigenvalue weighted by molar-refractivity contribution is 5.98. The summed E-state index contributed by atoms with van der Waals surface area (Å²) >= 11 is 0. The van der Waals surface area contributed by atoms with E-state index >= 15 is 0 Å². The molecule has 1 aliphatic carbocycles. The van der Waals surface area contributed by atoms with Gasteiger partial charge in [0.15, 0.2) is 11.6 Å². The average molecular weight is 374 g/mol. The number of nitrogens with zero attached hydrogens (tertiary/aromatic N) is 2. The molecule has 0 spiro atoms. The Hall–Kier alpha value is -2.78. The minimum absolute atomic E-state index is 0.0103. The first-order valence-electron chi connectivity index (χ1n) is 8.82. The summed E-state index contributed by atoms with van der Waals surface area (Å²) in [5.41, 5.74) is 12.5. The molecule has 3 rings (SSSR count). The number of primary amides is 1. The number of rotatable bonds is 6. The SMILES string of the molecule is NC(=O)c1cc(F)c(N[C@@H]2CCCC[C@@H]2N)nc1Nc1cncc(CO)c1. The van der Waals surface area contributed by atoms with E-state index in [0.717, 1.165) is 31.7 Å². The van der Waals surface area contributed by atoms with E-state index in [2.05, 4.69) is 20.6 Å². The Morgan fingerprint density at radius 1 is 1.26 bits per heavy atom. The van der Waals surface area contributed by atoms with Gasteiger partial charge in [0.2, 0.25) is 0 Å². The molecule has 1 saturated carbocycles. The van der Waals surface area contributed by atoms with Crippen molar-refractivity contribution in [2.24, 2.45) is 11.5 Å². The van der Waals surface area contributed by atoms with Crippen LogP contribution < -0.4 is 22.1 Å². The van der Waals surface area contributed by atoms with E-state index in [1.807, 2.05) is 0 Å². The van der Waals surface area contributed by atoms with Crippen LogP contribution in [0.15, 0.2) is 24.5 Å². The highest BCUT2D eigenvalue weighted by atomic mass is 19.1. The summed E-state index contributed by atoms with van der Waals surface area (Å²) in [7, 11) is 0. The molecule has 9 heteroatoms. The van der Waals surface area contributed by atoms with Gasteiger partial charge in [0.1, 0.15) is 5.82 Å². The molecule has 27 heavy (non-hydrogen) atoms. The lowest BCUT2D eigenvalue weighted by atomic mass is 9.91. The van der Waals surface area contributed by atoms with Crippen LogP contribution in [-0.2, 0) is 6.61 Å². The van der Waals surface area contributed by atoms with Crippen LogP contribution in [0.25, 0.3) is 0 Å². The summed E-state index contributed by atoms with van der Waals surface area (Å²) in [5, 5.41) is 15.2. The first kappa shape index (κ1) is 19.0. The molecule has 8 nitrogen and oxygen atoms in total. The van der Waals surface area contributed by atoms with E-state index in [9.17, 15) is 14.3 Å². The molecule has 0 bridgehead atoms. The lowest BCUT2D eigenvalue weighted by Crippen LogP contribution is -2.43. The molecule has 0 aliphatic heterocycles. The van der Waals surface area contributed by atoms with E-state index in [0.29, 0.717) is 11.3 Å². The maximum Gasteiger partial charge on any atom is 0.252 e. The molecular weight excluding hydrogens is 351 g/mol. The minimum Gasteiger partial charge on any atom is -0.392 e. The Bertz CT molecular complexity index is 831. The second-order valence-corrected chi connectivity index (χ2v) is 6.64. The van der Waals surface area contributed by atoms with Gasteiger partial charge in [-0.1, -0.05) is 12.8 Å². The van der Waals surface area contributed by atoms with Gasteiger partial charge in [0, 0.05) is 18.3 Å². The van der Waals surface area contributed by atoms with E-state index in [-0.39, 0.29) is 35.9 Å². The number of nitrogens with one attached hydrogen (secondary N) is 2. The Kier molecular flexibility index (Phi) is 5.82. The summed E-state index contributed by atoms with van der Waals surface area (Å²) in [6, 6.07) is 2.52. The second-order valence-electron chi connectivity index (χ2n) is 6.64. The van der Waals surface area contributed by atoms with E-state index < -0.39 is 11.7 Å². The molecule has 144 valence electrons. The number of nitrogens with two attached hydrogens (primary N) is 2. The predicted octanol–water partition coefficient (Wildman–Crippen LogP) is 1.63. The molecule has 0 saturated heterocycles. The average Bonchev–Trinajstić information content (AvgIpc) is 2.66. The van der Waals surface area contributed by atoms with Crippen LogP contribution in [0, 0.1) is 5.82 Å². The molecule has 1 aliphatic rings. The van der Waals surface area contributed by atoms with Crippen molar-refractivity contribution in [3.8, 4) is 0 Å². The van der Waals surface area contributed by atoms with Crippen LogP contribution in [0.5, 0.6) is 0 Å². The van der Waals surface area contributed by atoms with Gasteiger partial charge in [0.25, 0.3) is 5.91 Å². The largest absolute Gasteiger partial charge is 0.392 e. The highest BCUT2D eigenvalue weighted by Crippen LogP contribution is 2.26. The molecule has 1 fully saturated rings. The van der Waals surface area contributed by atoms with E-state index in [1.54, 1.807) is 6.07 Å². The number of anilines is 3. The quantitative estimate of drug-likeness (QED) is 0.518. The minimum atomic E-state index is -0.809. The maximum absolute atomic E-state index is 14.5. The van der Waals surface area contributed by atoms with Gasteiger partial charge >= 0.3 is 0 Å². The van der Waals surface area contributed by atoms with Gasteiger partial charge < -0.3 is 27.2 Å². The van der Waals surface area contributed by atoms with Crippen LogP contribution >= 0.6 is 0 Å². The standard InChI is InChI=1S/C18H23FN6O2/c19-13-6-12(16(21)27)17(23-11-5-10(9-26)7-22-8-11)25-18(13)24-15-4-2-1-3-14(15)20/h5-8,14-15,26H,1-4,9,20H2,(H2,21,27)(H2,23,24,25)/t14-,15+/m0/s1. The van der Waals surface area contributed by atoms with Gasteiger partial charge in [-0.2, -0.15) is 0 Å². The van der Waals surface area contributed by atoms with E-state index in [1.165, 1.54) is 12.4 Å². The van der Waals surface area contributed by atoms with Crippen molar-refractivity contribution >= 4 is 23.2 Å². The smallest absolute Gasteiger partial charge is 0.252 e. The zero-order valence-electron chi connectivity index (χ0n) is 14.8. The number of aromatic nitrogens is 2. The molecule has 0 radical (unpaired) electrons. The molecule has 7 N–H and O–H groups in total. The van der Waals surface area contributed by atoms with Crippen molar-refractivity contribution in [3.63, 3.8) is 0 Å². The molecule has 2 aromatic heterocycles. The molecule has 2 heterocycles. The van der Waals surface area contributed by atoms with Gasteiger partial charge in [-0.25, -0.2) is 9.37 Å².